The van der Waals surface area contributed by atoms with Crippen molar-refractivity contribution in [1.29, 1.82) is 0 Å². The zero-order valence-corrected chi connectivity index (χ0v) is 30.5. The molecule has 0 saturated heterocycles. The van der Waals surface area contributed by atoms with E-state index >= 15 is 0 Å². The van der Waals surface area contributed by atoms with Crippen LogP contribution in [0.15, 0.2) is 180 Å². The lowest BCUT2D eigenvalue weighted by Crippen LogP contribution is -2.09. The fraction of sp³-hybridized carbons (Fsp3) is 0. The van der Waals surface area contributed by atoms with Gasteiger partial charge in [-0.25, -0.2) is 0 Å². The van der Waals surface area contributed by atoms with Gasteiger partial charge in [-0.2, -0.15) is 0 Å². The summed E-state index contributed by atoms with van der Waals surface area (Å²) in [6.07, 6.45) is 0. The first-order chi connectivity index (χ1) is 26.7. The maximum atomic E-state index is 6.59. The van der Waals surface area contributed by atoms with Crippen LogP contribution in [-0.2, 0) is 0 Å². The van der Waals surface area contributed by atoms with E-state index in [4.69, 9.17) is 4.42 Å². The predicted octanol–water partition coefficient (Wildman–Crippen LogP) is 15.8. The zero-order chi connectivity index (χ0) is 35.3. The molecule has 0 aliphatic heterocycles. The lowest BCUT2D eigenvalue weighted by Gasteiger charge is -2.26. The first-order valence-electron chi connectivity index (χ1n) is 18.2. The van der Waals surface area contributed by atoms with Crippen LogP contribution in [0.25, 0.3) is 95.0 Å². The highest BCUT2D eigenvalue weighted by Crippen LogP contribution is 2.47. The zero-order valence-electron chi connectivity index (χ0n) is 28.9. The van der Waals surface area contributed by atoms with E-state index in [0.717, 1.165) is 33.6 Å². The third-order valence-corrected chi connectivity index (χ3v) is 13.3. The molecule has 0 spiro atoms. The average molecular weight is 724 g/mol. The number of nitrogens with zero attached hydrogens (tertiary/aromatic N) is 1. The third kappa shape index (κ3) is 4.45. The number of rotatable bonds is 4. The molecule has 0 amide bonds. The molecular weight excluding hydrogens is 695 g/mol. The Labute approximate surface area is 318 Å². The predicted molar refractivity (Wildman–Crippen MR) is 235 cm³/mol. The number of furan rings is 1. The Morgan fingerprint density at radius 1 is 0.370 bits per heavy atom. The molecule has 0 radical (unpaired) electrons. The van der Waals surface area contributed by atoms with Crippen LogP contribution >= 0.6 is 22.7 Å². The summed E-state index contributed by atoms with van der Waals surface area (Å²) < 4.78 is 11.7. The third-order valence-electron chi connectivity index (χ3n) is 11.0. The SMILES string of the molecule is c1ccc2c(-c3ccc(N(c4ccc5c(c4)sc4ccccc45)c4ccc5c(c4)sc4ccc6oc7c8ccccc8ccc7c6c45)cc3)cccc2c1. The molecule has 4 heteroatoms. The Balaban J connectivity index is 1.05. The van der Waals surface area contributed by atoms with Crippen molar-refractivity contribution in [3.8, 4) is 11.1 Å². The lowest BCUT2D eigenvalue weighted by atomic mass is 9.98. The molecule has 54 heavy (non-hydrogen) atoms. The van der Waals surface area contributed by atoms with Gasteiger partial charge in [0.25, 0.3) is 0 Å². The molecule has 252 valence electrons. The monoisotopic (exact) mass is 723 g/mol. The van der Waals surface area contributed by atoms with Gasteiger partial charge in [0.1, 0.15) is 11.2 Å². The summed E-state index contributed by atoms with van der Waals surface area (Å²) >= 11 is 3.71. The van der Waals surface area contributed by atoms with Crippen molar-refractivity contribution in [3.05, 3.63) is 176 Å². The Morgan fingerprint density at radius 2 is 0.981 bits per heavy atom. The van der Waals surface area contributed by atoms with E-state index in [0.29, 0.717) is 0 Å². The van der Waals surface area contributed by atoms with Gasteiger partial charge in [-0.3, -0.25) is 0 Å². The van der Waals surface area contributed by atoms with Crippen molar-refractivity contribution < 1.29 is 4.42 Å². The van der Waals surface area contributed by atoms with E-state index in [2.05, 4.69) is 181 Å². The smallest absolute Gasteiger partial charge is 0.143 e. The molecule has 3 aromatic heterocycles. The Kier molecular flexibility index (Phi) is 6.41. The van der Waals surface area contributed by atoms with Crippen LogP contribution in [0.5, 0.6) is 0 Å². The van der Waals surface area contributed by atoms with Gasteiger partial charge in [0.05, 0.1) is 0 Å². The van der Waals surface area contributed by atoms with Crippen molar-refractivity contribution >= 4 is 124 Å². The van der Waals surface area contributed by atoms with Crippen LogP contribution < -0.4 is 4.90 Å². The van der Waals surface area contributed by atoms with Gasteiger partial charge in [0, 0.05) is 73.6 Å². The minimum absolute atomic E-state index is 0.933. The quantitative estimate of drug-likeness (QED) is 0.180. The van der Waals surface area contributed by atoms with Crippen molar-refractivity contribution in [2.45, 2.75) is 0 Å². The minimum atomic E-state index is 0.933. The second-order valence-electron chi connectivity index (χ2n) is 14.0. The van der Waals surface area contributed by atoms with Gasteiger partial charge >= 0.3 is 0 Å². The van der Waals surface area contributed by atoms with E-state index < -0.39 is 0 Å². The van der Waals surface area contributed by atoms with Gasteiger partial charge < -0.3 is 9.32 Å². The molecule has 0 aliphatic rings. The first kappa shape index (κ1) is 30.0. The van der Waals surface area contributed by atoms with Crippen LogP contribution in [0.1, 0.15) is 0 Å². The highest BCUT2D eigenvalue weighted by molar-refractivity contribution is 7.26. The van der Waals surface area contributed by atoms with Crippen molar-refractivity contribution in [1.82, 2.24) is 0 Å². The summed E-state index contributed by atoms with van der Waals surface area (Å²) in [5.41, 5.74) is 7.74. The summed E-state index contributed by atoms with van der Waals surface area (Å²) in [7, 11) is 0. The van der Waals surface area contributed by atoms with Crippen molar-refractivity contribution in [2.75, 3.05) is 4.90 Å². The maximum Gasteiger partial charge on any atom is 0.143 e. The van der Waals surface area contributed by atoms with Gasteiger partial charge in [0.2, 0.25) is 0 Å². The molecule has 0 unspecified atom stereocenters. The van der Waals surface area contributed by atoms with E-state index in [1.54, 1.807) is 0 Å². The molecular formula is C50H29NOS2. The highest BCUT2D eigenvalue weighted by Gasteiger charge is 2.20. The number of hydrogen-bond donors (Lipinski definition) is 0. The van der Waals surface area contributed by atoms with E-state index in [9.17, 15) is 0 Å². The van der Waals surface area contributed by atoms with Crippen molar-refractivity contribution in [3.63, 3.8) is 0 Å². The summed E-state index contributed by atoms with van der Waals surface area (Å²) in [5, 5.41) is 12.4. The fourth-order valence-electron chi connectivity index (χ4n) is 8.56. The van der Waals surface area contributed by atoms with E-state index in [1.165, 1.54) is 78.4 Å². The molecule has 0 saturated carbocycles. The molecule has 0 fully saturated rings. The Hall–Kier alpha value is -6.46. The number of anilines is 3. The summed E-state index contributed by atoms with van der Waals surface area (Å²) in [4.78, 5) is 2.41. The summed E-state index contributed by atoms with van der Waals surface area (Å²) in [6, 6.07) is 64.2. The maximum absolute atomic E-state index is 6.59. The second-order valence-corrected chi connectivity index (χ2v) is 16.2. The molecule has 0 bridgehead atoms. The van der Waals surface area contributed by atoms with Gasteiger partial charge in [0.15, 0.2) is 0 Å². The highest BCUT2D eigenvalue weighted by atomic mass is 32.1. The standard InChI is InChI=1S/C50H29NOS2/c1-3-11-36-30(8-1)10-7-14-37(36)32-16-19-33(20-17-32)51(34-21-24-40-39-13-5-6-15-44(39)53-46(40)28-34)35-22-25-41-47(29-35)54-45-27-26-43-48(49(41)45)42-23-18-31-9-2-4-12-38(31)50(42)52-43/h1-29H. The Morgan fingerprint density at radius 3 is 1.81 bits per heavy atom. The van der Waals surface area contributed by atoms with Crippen LogP contribution in [0.3, 0.4) is 0 Å². The van der Waals surface area contributed by atoms with Crippen LogP contribution in [0.2, 0.25) is 0 Å². The molecule has 0 aliphatic carbocycles. The number of hydrogen-bond acceptors (Lipinski definition) is 4. The molecule has 9 aromatic carbocycles. The van der Waals surface area contributed by atoms with Gasteiger partial charge in [-0.05, 0) is 87.9 Å². The minimum Gasteiger partial charge on any atom is -0.455 e. The number of fused-ring (bicyclic) bond motifs is 13. The largest absolute Gasteiger partial charge is 0.455 e. The van der Waals surface area contributed by atoms with Crippen LogP contribution in [0.4, 0.5) is 17.1 Å². The van der Waals surface area contributed by atoms with Crippen LogP contribution in [0, 0.1) is 0 Å². The van der Waals surface area contributed by atoms with E-state index in [-0.39, 0.29) is 0 Å². The van der Waals surface area contributed by atoms with Gasteiger partial charge in [-0.15, -0.1) is 22.7 Å². The molecule has 12 rings (SSSR count). The van der Waals surface area contributed by atoms with Crippen LogP contribution in [-0.4, -0.2) is 0 Å². The fourth-order valence-corrected chi connectivity index (χ4v) is 10.8. The topological polar surface area (TPSA) is 16.4 Å². The molecule has 2 nitrogen and oxygen atoms in total. The van der Waals surface area contributed by atoms with E-state index in [1.807, 2.05) is 22.7 Å². The number of thiophene rings is 2. The van der Waals surface area contributed by atoms with Gasteiger partial charge in [-0.1, -0.05) is 115 Å². The number of benzene rings is 9. The average Bonchev–Trinajstić information content (AvgIpc) is 3.92. The lowest BCUT2D eigenvalue weighted by molar-refractivity contribution is 0.673. The Bertz CT molecular complexity index is 3450. The normalized spacial score (nSPS) is 12.1. The summed E-state index contributed by atoms with van der Waals surface area (Å²) in [6.45, 7) is 0. The molecule has 0 N–H and O–H groups in total. The van der Waals surface area contributed by atoms with Crippen molar-refractivity contribution in [2.24, 2.45) is 0 Å². The molecule has 0 atom stereocenters. The first-order valence-corrected chi connectivity index (χ1v) is 19.9. The molecule has 3 heterocycles. The second kappa shape index (κ2) is 11.5. The summed E-state index contributed by atoms with van der Waals surface area (Å²) in [5.74, 6) is 0. The molecule has 12 aromatic rings.